The number of hydrogen-bond acceptors (Lipinski definition) is 1. The van der Waals surface area contributed by atoms with Crippen LogP contribution in [0.1, 0.15) is 0 Å². The molecular formula is HFeLiMnNiO. The van der Waals surface area contributed by atoms with Crippen molar-refractivity contribution in [2.75, 3.05) is 0 Å². The van der Waals surface area contributed by atoms with Gasteiger partial charge in [-0.25, -0.2) is 0 Å². The number of hydrogen-bond donors (Lipinski definition) is 0. The quantitative estimate of drug-likeness (QED) is 0.462. The van der Waals surface area contributed by atoms with E-state index in [0.29, 0.717) is 0 Å². The van der Waals surface area contributed by atoms with E-state index >= 15 is 0 Å². The Hall–Kier alpha value is 1.93. The zero-order valence-corrected chi connectivity index (χ0v) is 4.73. The second-order valence-corrected chi connectivity index (χ2v) is 0. The van der Waals surface area contributed by atoms with Crippen LogP contribution in [-0.4, -0.2) is 18.9 Å². The predicted octanol–water partition coefficient (Wildman–Crippen LogP) is -0.775. The molecule has 0 aliphatic heterocycles. The van der Waals surface area contributed by atoms with Crippen molar-refractivity contribution < 1.29 is 53.3 Å². The first-order chi connectivity index (χ1) is 1.00. The second-order valence-electron chi connectivity index (χ2n) is 0. The van der Waals surface area contributed by atoms with Gasteiger partial charge < -0.3 is 0 Å². The van der Waals surface area contributed by atoms with Crippen molar-refractivity contribution in [3.05, 3.63) is 0 Å². The van der Waals surface area contributed by atoms with Crippen molar-refractivity contribution in [3.8, 4) is 0 Å². The molecule has 0 radical (unpaired) electrons. The molecule has 0 unspecified atom stereocenters. The molecule has 5 heavy (non-hydrogen) atoms. The van der Waals surface area contributed by atoms with Gasteiger partial charge in [0.2, 0.25) is 0 Å². The van der Waals surface area contributed by atoms with E-state index in [4.69, 9.17) is 3.83 Å². The van der Waals surface area contributed by atoms with Gasteiger partial charge in [-0.1, -0.05) is 0 Å². The van der Waals surface area contributed by atoms with Gasteiger partial charge in [-0.2, -0.15) is 0 Å². The van der Waals surface area contributed by atoms with Crippen LogP contribution in [0.5, 0.6) is 0 Å². The van der Waals surface area contributed by atoms with Crippen LogP contribution in [0.3, 0.4) is 0 Å². The Morgan fingerprint density at radius 3 is 1.20 bits per heavy atom. The SMILES string of the molecule is [Fe].[LiH].[Ni].[O]=[Mn]. The molecule has 0 rings (SSSR count). The second kappa shape index (κ2) is 38.7. The van der Waals surface area contributed by atoms with Crippen LogP contribution < -0.4 is 0 Å². The molecule has 0 aromatic carbocycles. The van der Waals surface area contributed by atoms with Crippen LogP contribution in [0.4, 0.5) is 0 Å². The Bertz CT molecular complexity index is 11.6. The van der Waals surface area contributed by atoms with Crippen LogP contribution in [0.25, 0.3) is 0 Å². The van der Waals surface area contributed by atoms with Crippen molar-refractivity contribution in [2.24, 2.45) is 0 Å². The fourth-order valence-electron chi connectivity index (χ4n) is 0. The van der Waals surface area contributed by atoms with E-state index in [-0.39, 0.29) is 52.4 Å². The topological polar surface area (TPSA) is 17.1 Å². The Kier molecular flexibility index (Phi) is 220. The van der Waals surface area contributed by atoms with Gasteiger partial charge in [-0.05, 0) is 0 Å². The van der Waals surface area contributed by atoms with E-state index in [1.54, 1.807) is 15.9 Å². The molecule has 0 amide bonds. The Balaban J connectivity index is -0.00000000167. The number of rotatable bonds is 0. The van der Waals surface area contributed by atoms with Crippen LogP contribution in [-0.2, 0) is 53.3 Å². The van der Waals surface area contributed by atoms with Crippen LogP contribution in [0.15, 0.2) is 0 Å². The molecule has 1 nitrogen and oxygen atoms in total. The molecule has 5 heteroatoms. The average Bonchev–Trinajstić information content (AvgIpc) is 1.00. The van der Waals surface area contributed by atoms with Crippen LogP contribution in [0, 0.1) is 0 Å². The first-order valence-corrected chi connectivity index (χ1v) is 0.636. The summed E-state index contributed by atoms with van der Waals surface area (Å²) in [7, 11) is 0. The van der Waals surface area contributed by atoms with Crippen molar-refractivity contribution in [1.29, 1.82) is 0 Å². The zero-order valence-electron chi connectivity index (χ0n) is 1.46. The van der Waals surface area contributed by atoms with Crippen molar-refractivity contribution in [2.45, 2.75) is 0 Å². The predicted molar refractivity (Wildman–Crippen MR) is 7.84 cm³/mol. The molecular weight excluding hydrogens is 192 g/mol. The van der Waals surface area contributed by atoms with Gasteiger partial charge in [0.1, 0.15) is 0 Å². The fourth-order valence-corrected chi connectivity index (χ4v) is 0. The molecule has 0 N–H and O–H groups in total. The van der Waals surface area contributed by atoms with Crippen molar-refractivity contribution >= 4 is 18.9 Å². The minimum absolute atomic E-state index is 0. The summed E-state index contributed by atoms with van der Waals surface area (Å²) in [5, 5.41) is 0. The molecule has 0 atom stereocenters. The third-order valence-electron chi connectivity index (χ3n) is 0. The summed E-state index contributed by atoms with van der Waals surface area (Å²) in [5.74, 6) is 0. The third-order valence-corrected chi connectivity index (χ3v) is 0. The molecule has 0 aromatic heterocycles. The van der Waals surface area contributed by atoms with E-state index in [1.165, 1.54) is 0 Å². The first-order valence-electron chi connectivity index (χ1n) is 0.154. The van der Waals surface area contributed by atoms with Crippen molar-refractivity contribution in [3.63, 3.8) is 0 Å². The Morgan fingerprint density at radius 2 is 1.20 bits per heavy atom. The molecule has 0 aliphatic carbocycles. The molecule has 0 bridgehead atoms. The van der Waals surface area contributed by atoms with E-state index in [0.717, 1.165) is 0 Å². The fraction of sp³-hybridized carbons (Fsp3) is 0. The maximum atomic E-state index is 8.06. The first kappa shape index (κ1) is 28.4. The van der Waals surface area contributed by atoms with Gasteiger partial charge in [0.15, 0.2) is 0 Å². The molecule has 0 saturated heterocycles. The summed E-state index contributed by atoms with van der Waals surface area (Å²) >= 11 is 1.69. The molecule has 0 aromatic rings. The molecule has 0 heterocycles. The summed E-state index contributed by atoms with van der Waals surface area (Å²) in [5.41, 5.74) is 0. The standard InChI is InChI=1S/Fe.Li.Mn.Ni.O.H. The summed E-state index contributed by atoms with van der Waals surface area (Å²) in [4.78, 5) is 0. The van der Waals surface area contributed by atoms with E-state index in [2.05, 4.69) is 0 Å². The van der Waals surface area contributed by atoms with E-state index < -0.39 is 0 Å². The monoisotopic (exact) mass is 193 g/mol. The normalized spacial score (nSPS) is 0.800. The Labute approximate surface area is 71.6 Å². The molecule has 0 fully saturated rings. The van der Waals surface area contributed by atoms with Gasteiger partial charge >= 0.3 is 38.6 Å². The summed E-state index contributed by atoms with van der Waals surface area (Å²) in [6, 6.07) is 0. The summed E-state index contributed by atoms with van der Waals surface area (Å²) in [6.07, 6.45) is 0. The molecule has 33 valence electrons. The molecule has 0 spiro atoms. The van der Waals surface area contributed by atoms with E-state index in [9.17, 15) is 0 Å². The van der Waals surface area contributed by atoms with Crippen molar-refractivity contribution in [1.82, 2.24) is 0 Å². The van der Waals surface area contributed by atoms with Crippen LogP contribution >= 0.6 is 0 Å². The minimum atomic E-state index is 0. The van der Waals surface area contributed by atoms with Gasteiger partial charge in [0.05, 0.1) is 0 Å². The van der Waals surface area contributed by atoms with Gasteiger partial charge in [-0.15, -0.1) is 0 Å². The van der Waals surface area contributed by atoms with Gasteiger partial charge in [0, 0.05) is 33.6 Å². The van der Waals surface area contributed by atoms with Gasteiger partial charge in [-0.3, -0.25) is 0 Å². The summed E-state index contributed by atoms with van der Waals surface area (Å²) < 4.78 is 8.06. The Morgan fingerprint density at radius 1 is 1.20 bits per heavy atom. The third kappa shape index (κ3) is 24.6. The van der Waals surface area contributed by atoms with E-state index in [1.807, 2.05) is 0 Å². The average molecular weight is 193 g/mol. The maximum absolute atomic E-state index is 8.06. The van der Waals surface area contributed by atoms with Gasteiger partial charge in [0.25, 0.3) is 0 Å². The molecule has 0 saturated carbocycles. The summed E-state index contributed by atoms with van der Waals surface area (Å²) in [6.45, 7) is 0. The zero-order chi connectivity index (χ0) is 2.00. The van der Waals surface area contributed by atoms with Crippen LogP contribution in [0.2, 0.25) is 0 Å². The molecule has 0 aliphatic rings.